The number of hydrogen-bond acceptors (Lipinski definition) is 3. The van der Waals surface area contributed by atoms with Gasteiger partial charge in [-0.1, -0.05) is 127 Å². The molecule has 2 heterocycles. The molecule has 0 fully saturated rings. The van der Waals surface area contributed by atoms with Gasteiger partial charge in [-0.2, -0.15) is 0 Å². The van der Waals surface area contributed by atoms with Gasteiger partial charge in [-0.15, -0.1) is 0 Å². The minimum Gasteiger partial charge on any atom is -0.456 e. The summed E-state index contributed by atoms with van der Waals surface area (Å²) in [7, 11) is 0. The van der Waals surface area contributed by atoms with Crippen molar-refractivity contribution in [3.8, 4) is 33.4 Å². The highest BCUT2D eigenvalue weighted by Gasteiger charge is 2.18. The lowest BCUT2D eigenvalue weighted by atomic mass is 9.92. The zero-order chi connectivity index (χ0) is 38.9. The first-order chi connectivity index (χ1) is 29.2. The van der Waals surface area contributed by atoms with E-state index in [1.807, 2.05) is 24.3 Å². The molecule has 12 aromatic rings. The van der Waals surface area contributed by atoms with Crippen LogP contribution in [-0.4, -0.2) is 0 Å². The maximum atomic E-state index is 6.22. The van der Waals surface area contributed by atoms with Crippen LogP contribution < -0.4 is 4.90 Å². The van der Waals surface area contributed by atoms with Crippen molar-refractivity contribution >= 4 is 82.5 Å². The Morgan fingerprint density at radius 3 is 1.37 bits per heavy atom. The fraction of sp³-hybridized carbons (Fsp3) is 0. The molecule has 12 rings (SSSR count). The molecule has 0 bridgehead atoms. The number of anilines is 3. The maximum Gasteiger partial charge on any atom is 0.135 e. The second kappa shape index (κ2) is 13.4. The molecule has 59 heavy (non-hydrogen) atoms. The van der Waals surface area contributed by atoms with Crippen molar-refractivity contribution in [2.45, 2.75) is 0 Å². The summed E-state index contributed by atoms with van der Waals surface area (Å²) < 4.78 is 12.4. The molecule has 0 saturated heterocycles. The number of furan rings is 2. The molecule has 2 aromatic heterocycles. The van der Waals surface area contributed by atoms with E-state index in [1.165, 1.54) is 21.5 Å². The Morgan fingerprint density at radius 2 is 0.729 bits per heavy atom. The van der Waals surface area contributed by atoms with Crippen molar-refractivity contribution in [2.24, 2.45) is 0 Å². The van der Waals surface area contributed by atoms with Gasteiger partial charge in [0.15, 0.2) is 0 Å². The van der Waals surface area contributed by atoms with Crippen molar-refractivity contribution in [1.29, 1.82) is 0 Å². The normalized spacial score (nSPS) is 11.7. The summed E-state index contributed by atoms with van der Waals surface area (Å²) in [4.78, 5) is 2.38. The monoisotopic (exact) mass is 753 g/mol. The fourth-order valence-corrected chi connectivity index (χ4v) is 8.89. The van der Waals surface area contributed by atoms with E-state index in [-0.39, 0.29) is 0 Å². The summed E-state index contributed by atoms with van der Waals surface area (Å²) in [5, 5.41) is 9.31. The lowest BCUT2D eigenvalue weighted by Gasteiger charge is -2.27. The Kier molecular flexibility index (Phi) is 7.54. The van der Waals surface area contributed by atoms with Crippen LogP contribution in [0, 0.1) is 0 Å². The van der Waals surface area contributed by atoms with Gasteiger partial charge in [-0.3, -0.25) is 0 Å². The van der Waals surface area contributed by atoms with E-state index >= 15 is 0 Å². The molecule has 0 saturated carbocycles. The number of fused-ring (bicyclic) bond motifs is 8. The molecule has 0 atom stereocenters. The highest BCUT2D eigenvalue weighted by molar-refractivity contribution is 6.08. The lowest BCUT2D eigenvalue weighted by molar-refractivity contribution is 0.668. The molecular weight excluding hydrogens is 719 g/mol. The van der Waals surface area contributed by atoms with E-state index in [4.69, 9.17) is 8.83 Å². The zero-order valence-electron chi connectivity index (χ0n) is 32.0. The fourth-order valence-electron chi connectivity index (χ4n) is 8.89. The van der Waals surface area contributed by atoms with Gasteiger partial charge in [0.25, 0.3) is 0 Å². The van der Waals surface area contributed by atoms with Crippen molar-refractivity contribution in [3.63, 3.8) is 0 Å². The van der Waals surface area contributed by atoms with E-state index in [2.05, 4.69) is 193 Å². The first kappa shape index (κ1) is 33.3. The molecule has 3 heteroatoms. The molecule has 0 radical (unpaired) electrons. The number of benzene rings is 10. The largest absolute Gasteiger partial charge is 0.456 e. The topological polar surface area (TPSA) is 29.5 Å². The number of hydrogen-bond donors (Lipinski definition) is 0. The van der Waals surface area contributed by atoms with Crippen LogP contribution in [0.5, 0.6) is 0 Å². The molecule has 0 spiro atoms. The van der Waals surface area contributed by atoms with Gasteiger partial charge in [-0.25, -0.2) is 0 Å². The van der Waals surface area contributed by atoms with Crippen LogP contribution in [-0.2, 0) is 0 Å². The highest BCUT2D eigenvalue weighted by Crippen LogP contribution is 2.42. The molecule has 276 valence electrons. The average molecular weight is 754 g/mol. The predicted molar refractivity (Wildman–Crippen MR) is 247 cm³/mol. The van der Waals surface area contributed by atoms with Crippen molar-refractivity contribution in [1.82, 2.24) is 0 Å². The van der Waals surface area contributed by atoms with Crippen molar-refractivity contribution in [3.05, 3.63) is 212 Å². The van der Waals surface area contributed by atoms with Gasteiger partial charge in [-0.05, 0) is 134 Å². The minimum atomic E-state index is 0.890. The molecule has 0 N–H and O–H groups in total. The standard InChI is InChI=1S/C56H35NO2/c1-2-12-39-33-46(27-22-36(39)10-1)57(52-17-9-13-38-11-3-4-14-47(38)52)45-25-20-37(21-26-45)42-30-43(40-23-28-55-50(34-40)48-15-5-7-18-53(48)58-55)32-44(31-42)41-24-29-56-51(35-41)49-16-6-8-19-54(49)59-56/h1-35H. The highest BCUT2D eigenvalue weighted by atomic mass is 16.3. The molecule has 0 aliphatic carbocycles. The Labute approximate surface area is 340 Å². The third kappa shape index (κ3) is 5.67. The van der Waals surface area contributed by atoms with E-state index in [1.54, 1.807) is 0 Å². The summed E-state index contributed by atoms with van der Waals surface area (Å²) in [6.07, 6.45) is 0. The number of nitrogens with zero attached hydrogens (tertiary/aromatic N) is 1. The van der Waals surface area contributed by atoms with E-state index in [9.17, 15) is 0 Å². The van der Waals surface area contributed by atoms with Crippen LogP contribution in [0.1, 0.15) is 0 Å². The second-order valence-electron chi connectivity index (χ2n) is 15.3. The Bertz CT molecular complexity index is 3430. The van der Waals surface area contributed by atoms with Crippen LogP contribution >= 0.6 is 0 Å². The lowest BCUT2D eigenvalue weighted by Crippen LogP contribution is -2.10. The van der Waals surface area contributed by atoms with Gasteiger partial charge in [0.2, 0.25) is 0 Å². The van der Waals surface area contributed by atoms with Crippen LogP contribution in [0.2, 0.25) is 0 Å². The number of rotatable bonds is 6. The van der Waals surface area contributed by atoms with Crippen LogP contribution in [0.25, 0.3) is 98.8 Å². The summed E-state index contributed by atoms with van der Waals surface area (Å²) >= 11 is 0. The molecule has 3 nitrogen and oxygen atoms in total. The number of para-hydroxylation sites is 2. The van der Waals surface area contributed by atoms with Gasteiger partial charge in [0.05, 0.1) is 5.69 Å². The van der Waals surface area contributed by atoms with E-state index in [0.29, 0.717) is 0 Å². The first-order valence-electron chi connectivity index (χ1n) is 20.1. The van der Waals surface area contributed by atoms with Crippen molar-refractivity contribution in [2.75, 3.05) is 4.90 Å². The zero-order valence-corrected chi connectivity index (χ0v) is 32.0. The summed E-state index contributed by atoms with van der Waals surface area (Å²) in [6, 6.07) is 76.1. The smallest absolute Gasteiger partial charge is 0.135 e. The molecule has 0 aliphatic heterocycles. The minimum absolute atomic E-state index is 0.890. The van der Waals surface area contributed by atoms with Crippen LogP contribution in [0.15, 0.2) is 221 Å². The second-order valence-corrected chi connectivity index (χ2v) is 15.3. The van der Waals surface area contributed by atoms with Crippen LogP contribution in [0.4, 0.5) is 17.1 Å². The summed E-state index contributed by atoms with van der Waals surface area (Å²) in [5.74, 6) is 0. The summed E-state index contributed by atoms with van der Waals surface area (Å²) in [5.41, 5.74) is 13.7. The molecule has 0 unspecified atom stereocenters. The molecule has 0 aliphatic rings. The Balaban J connectivity index is 1.02. The third-order valence-corrected chi connectivity index (χ3v) is 11.8. The Hall–Kier alpha value is -7.88. The van der Waals surface area contributed by atoms with Gasteiger partial charge in [0, 0.05) is 38.3 Å². The quantitative estimate of drug-likeness (QED) is 0.169. The SMILES string of the molecule is c1ccc2cc(N(c3ccc(-c4cc(-c5ccc6oc7ccccc7c6c5)cc(-c5ccc6oc7ccccc7c6c5)c4)cc3)c3cccc4ccccc34)ccc2c1. The van der Waals surface area contributed by atoms with E-state index in [0.717, 1.165) is 94.3 Å². The molecule has 10 aromatic carbocycles. The third-order valence-electron chi connectivity index (χ3n) is 11.8. The summed E-state index contributed by atoms with van der Waals surface area (Å²) in [6.45, 7) is 0. The molecular formula is C56H35NO2. The first-order valence-corrected chi connectivity index (χ1v) is 20.1. The van der Waals surface area contributed by atoms with E-state index < -0.39 is 0 Å². The van der Waals surface area contributed by atoms with Gasteiger partial charge in [0.1, 0.15) is 22.3 Å². The van der Waals surface area contributed by atoms with Gasteiger partial charge >= 0.3 is 0 Å². The Morgan fingerprint density at radius 1 is 0.254 bits per heavy atom. The average Bonchev–Trinajstić information content (AvgIpc) is 3.87. The van der Waals surface area contributed by atoms with Crippen LogP contribution in [0.3, 0.4) is 0 Å². The van der Waals surface area contributed by atoms with Crippen molar-refractivity contribution < 1.29 is 8.83 Å². The molecule has 0 amide bonds. The maximum absolute atomic E-state index is 6.22. The van der Waals surface area contributed by atoms with Gasteiger partial charge < -0.3 is 13.7 Å². The predicted octanol–water partition coefficient (Wildman–Crippen LogP) is 16.3.